The maximum atomic E-state index is 11.7. The molecule has 0 spiro atoms. The molecule has 0 aliphatic rings. The molecule has 9 nitrogen and oxygen atoms in total. The summed E-state index contributed by atoms with van der Waals surface area (Å²) in [4.78, 5) is 32.4. The summed E-state index contributed by atoms with van der Waals surface area (Å²) in [6.45, 7) is 1.25. The number of carbonyl (C=O) groups is 2. The van der Waals surface area contributed by atoms with Crippen LogP contribution in [0.15, 0.2) is 36.0 Å². The highest BCUT2D eigenvalue weighted by Crippen LogP contribution is 2.17. The van der Waals surface area contributed by atoms with Gasteiger partial charge in [-0.05, 0) is 13.0 Å². The summed E-state index contributed by atoms with van der Waals surface area (Å²) in [6, 6.07) is 5.93. The number of nitro groups is 1. The summed E-state index contributed by atoms with van der Waals surface area (Å²) in [7, 11) is 0. The minimum Gasteiger partial charge on any atom is -0.480 e. The molecule has 3 N–H and O–H groups in total. The topological polar surface area (TPSA) is 145 Å². The number of carboxylic acids is 1. The van der Waals surface area contributed by atoms with E-state index in [1.165, 1.54) is 31.2 Å². The largest absolute Gasteiger partial charge is 0.480 e. The Morgan fingerprint density at radius 2 is 2.18 bits per heavy atom. The van der Waals surface area contributed by atoms with Crippen LogP contribution in [0.25, 0.3) is 0 Å². The Labute approximate surface area is 125 Å². The third kappa shape index (κ3) is 4.61. The lowest BCUT2D eigenvalue weighted by atomic mass is 10.2. The maximum Gasteiger partial charge on any atom is 0.325 e. The van der Waals surface area contributed by atoms with Gasteiger partial charge in [-0.1, -0.05) is 6.07 Å². The smallest absolute Gasteiger partial charge is 0.325 e. The Bertz CT molecular complexity index is 677. The average Bonchev–Trinajstić information content (AvgIpc) is 2.47. The van der Waals surface area contributed by atoms with E-state index in [4.69, 9.17) is 10.4 Å². The number of nitrogens with zero attached hydrogens (tertiary/aromatic N) is 2. The molecular formula is C13H12N4O5. The number of rotatable bonds is 6. The van der Waals surface area contributed by atoms with E-state index >= 15 is 0 Å². The number of nitrogens with one attached hydrogen (secondary N) is 2. The molecule has 9 heteroatoms. The number of aliphatic carboxylic acids is 1. The van der Waals surface area contributed by atoms with E-state index < -0.39 is 22.8 Å². The van der Waals surface area contributed by atoms with Crippen molar-refractivity contribution < 1.29 is 19.6 Å². The maximum absolute atomic E-state index is 11.7. The number of nitriles is 1. The van der Waals surface area contributed by atoms with E-state index in [0.29, 0.717) is 5.69 Å². The van der Waals surface area contributed by atoms with Crippen molar-refractivity contribution in [2.45, 2.75) is 13.0 Å². The Balaban J connectivity index is 2.84. The first-order chi connectivity index (χ1) is 10.3. The van der Waals surface area contributed by atoms with Crippen molar-refractivity contribution in [3.8, 4) is 6.07 Å². The zero-order valence-corrected chi connectivity index (χ0v) is 11.4. The highest BCUT2D eigenvalue weighted by Gasteiger charge is 2.17. The van der Waals surface area contributed by atoms with Crippen LogP contribution < -0.4 is 10.6 Å². The van der Waals surface area contributed by atoms with Crippen molar-refractivity contribution in [2.75, 3.05) is 5.32 Å². The van der Waals surface area contributed by atoms with E-state index in [2.05, 4.69) is 10.6 Å². The standard InChI is InChI=1S/C13H12N4O5/c1-8(13(19)20)16-12(18)9(6-14)7-15-10-3-2-4-11(5-10)17(21)22/h2-5,7-8,15H,1H3,(H,16,18)(H,19,20)/b9-7-. The number of amides is 1. The molecule has 1 amide bonds. The van der Waals surface area contributed by atoms with Gasteiger partial charge in [0.15, 0.2) is 0 Å². The fourth-order valence-corrected chi connectivity index (χ4v) is 1.35. The molecule has 1 aromatic carbocycles. The summed E-state index contributed by atoms with van der Waals surface area (Å²) in [5.74, 6) is -2.10. The Hall–Kier alpha value is -3.41. The fraction of sp³-hybridized carbons (Fsp3) is 0.154. The normalized spacial score (nSPS) is 11.9. The molecule has 0 aliphatic heterocycles. The molecule has 114 valence electrons. The van der Waals surface area contributed by atoms with Gasteiger partial charge in [0.05, 0.1) is 4.92 Å². The van der Waals surface area contributed by atoms with E-state index in [1.54, 1.807) is 6.07 Å². The van der Waals surface area contributed by atoms with E-state index in [9.17, 15) is 19.7 Å². The molecule has 0 saturated heterocycles. The van der Waals surface area contributed by atoms with Crippen molar-refractivity contribution in [1.29, 1.82) is 5.26 Å². The van der Waals surface area contributed by atoms with Crippen LogP contribution in [0.4, 0.5) is 11.4 Å². The third-order valence-electron chi connectivity index (χ3n) is 2.52. The molecule has 1 aromatic rings. The summed E-state index contributed by atoms with van der Waals surface area (Å²) >= 11 is 0. The minimum atomic E-state index is -1.24. The van der Waals surface area contributed by atoms with Crippen molar-refractivity contribution in [3.05, 3.63) is 46.2 Å². The first-order valence-electron chi connectivity index (χ1n) is 6.00. The van der Waals surface area contributed by atoms with Crippen LogP contribution >= 0.6 is 0 Å². The summed E-state index contributed by atoms with van der Waals surface area (Å²) in [5, 5.41) is 32.9. The zero-order valence-electron chi connectivity index (χ0n) is 11.4. The molecule has 0 radical (unpaired) electrons. The van der Waals surface area contributed by atoms with Gasteiger partial charge in [0, 0.05) is 24.0 Å². The van der Waals surface area contributed by atoms with Crippen molar-refractivity contribution >= 4 is 23.3 Å². The van der Waals surface area contributed by atoms with Crippen LogP contribution in [0.3, 0.4) is 0 Å². The predicted octanol–water partition coefficient (Wildman–Crippen LogP) is 1.00. The number of benzene rings is 1. The summed E-state index contributed by atoms with van der Waals surface area (Å²) < 4.78 is 0. The quantitative estimate of drug-likeness (QED) is 0.307. The zero-order chi connectivity index (χ0) is 16.7. The number of carboxylic acid groups (broad SMARTS) is 1. The minimum absolute atomic E-state index is 0.152. The van der Waals surface area contributed by atoms with Gasteiger partial charge >= 0.3 is 5.97 Å². The number of carbonyl (C=O) groups excluding carboxylic acids is 1. The second-order valence-electron chi connectivity index (χ2n) is 4.15. The van der Waals surface area contributed by atoms with Crippen LogP contribution in [0.1, 0.15) is 6.92 Å². The monoisotopic (exact) mass is 304 g/mol. The predicted molar refractivity (Wildman–Crippen MR) is 75.7 cm³/mol. The van der Waals surface area contributed by atoms with Gasteiger partial charge in [0.25, 0.3) is 11.6 Å². The summed E-state index contributed by atoms with van der Waals surface area (Å²) in [6.07, 6.45) is 1.04. The van der Waals surface area contributed by atoms with E-state index in [0.717, 1.165) is 6.20 Å². The second-order valence-corrected chi connectivity index (χ2v) is 4.15. The van der Waals surface area contributed by atoms with Crippen LogP contribution in [-0.2, 0) is 9.59 Å². The summed E-state index contributed by atoms with van der Waals surface area (Å²) in [5.41, 5.74) is -0.207. The molecule has 0 aliphatic carbocycles. The fourth-order valence-electron chi connectivity index (χ4n) is 1.35. The van der Waals surface area contributed by atoms with Gasteiger partial charge < -0.3 is 15.7 Å². The number of hydrogen-bond donors (Lipinski definition) is 3. The highest BCUT2D eigenvalue weighted by molar-refractivity contribution is 5.99. The van der Waals surface area contributed by atoms with Gasteiger partial charge in [-0.2, -0.15) is 5.26 Å². The van der Waals surface area contributed by atoms with Gasteiger partial charge in [-0.3, -0.25) is 19.7 Å². The molecule has 22 heavy (non-hydrogen) atoms. The lowest BCUT2D eigenvalue weighted by Crippen LogP contribution is -2.39. The molecule has 0 bridgehead atoms. The third-order valence-corrected chi connectivity index (χ3v) is 2.52. The number of hydrogen-bond acceptors (Lipinski definition) is 6. The van der Waals surface area contributed by atoms with Gasteiger partial charge in [-0.15, -0.1) is 0 Å². The van der Waals surface area contributed by atoms with Crippen LogP contribution in [0, 0.1) is 21.4 Å². The molecule has 0 aromatic heterocycles. The van der Waals surface area contributed by atoms with Gasteiger partial charge in [0.2, 0.25) is 0 Å². The SMILES string of the molecule is CC(NC(=O)/C(C#N)=C\Nc1cccc([N+](=O)[O-])c1)C(=O)O. The first-order valence-corrected chi connectivity index (χ1v) is 6.00. The Morgan fingerprint density at radius 3 is 2.73 bits per heavy atom. The Kier molecular flexibility index (Phi) is 5.59. The lowest BCUT2D eigenvalue weighted by molar-refractivity contribution is -0.384. The highest BCUT2D eigenvalue weighted by atomic mass is 16.6. The molecule has 1 unspecified atom stereocenters. The first kappa shape index (κ1) is 16.6. The molecule has 1 atom stereocenters. The number of non-ortho nitro benzene ring substituents is 1. The molecule has 1 rings (SSSR count). The van der Waals surface area contributed by atoms with Crippen LogP contribution in [-0.4, -0.2) is 27.9 Å². The number of nitro benzene ring substituents is 1. The van der Waals surface area contributed by atoms with Crippen LogP contribution in [0.5, 0.6) is 0 Å². The molecule has 0 fully saturated rings. The molecule has 0 saturated carbocycles. The number of anilines is 1. The van der Waals surface area contributed by atoms with Gasteiger partial charge in [0.1, 0.15) is 17.7 Å². The second kappa shape index (κ2) is 7.39. The molecule has 0 heterocycles. The molecular weight excluding hydrogens is 292 g/mol. The van der Waals surface area contributed by atoms with E-state index in [1.807, 2.05) is 0 Å². The average molecular weight is 304 g/mol. The van der Waals surface area contributed by atoms with E-state index in [-0.39, 0.29) is 11.3 Å². The van der Waals surface area contributed by atoms with Crippen molar-refractivity contribution in [2.24, 2.45) is 0 Å². The van der Waals surface area contributed by atoms with Gasteiger partial charge in [-0.25, -0.2) is 0 Å². The van der Waals surface area contributed by atoms with Crippen molar-refractivity contribution in [1.82, 2.24) is 5.32 Å². The Morgan fingerprint density at radius 1 is 1.50 bits per heavy atom. The lowest BCUT2D eigenvalue weighted by Gasteiger charge is -2.08. The van der Waals surface area contributed by atoms with Crippen molar-refractivity contribution in [3.63, 3.8) is 0 Å². The van der Waals surface area contributed by atoms with Crippen LogP contribution in [0.2, 0.25) is 0 Å².